The van der Waals surface area contributed by atoms with Crippen LogP contribution in [0, 0.1) is 0 Å². The topological polar surface area (TPSA) is 26.3 Å². The summed E-state index contributed by atoms with van der Waals surface area (Å²) in [6, 6.07) is 10.1. The van der Waals surface area contributed by atoms with E-state index in [2.05, 4.69) is 6.92 Å². The van der Waals surface area contributed by atoms with Crippen LogP contribution in [0.5, 0.6) is 0 Å². The van der Waals surface area contributed by atoms with Gasteiger partial charge in [-0.3, -0.25) is 4.79 Å². The van der Waals surface area contributed by atoms with Gasteiger partial charge in [0.15, 0.2) is 0 Å². The number of esters is 1. The average molecular weight is 260 g/mol. The maximum Gasteiger partial charge on any atom is 0.306 e. The van der Waals surface area contributed by atoms with Crippen molar-refractivity contribution in [2.24, 2.45) is 0 Å². The van der Waals surface area contributed by atoms with Gasteiger partial charge in [0.25, 0.3) is 0 Å². The van der Waals surface area contributed by atoms with Gasteiger partial charge >= 0.3 is 5.97 Å². The van der Waals surface area contributed by atoms with Gasteiger partial charge in [-0.1, -0.05) is 63.1 Å². The highest BCUT2D eigenvalue weighted by Gasteiger charge is 2.09. The molecule has 1 unspecified atom stereocenters. The molecule has 0 N–H and O–H groups in total. The molecule has 1 atom stereocenters. The Hall–Kier alpha value is -1.57. The van der Waals surface area contributed by atoms with E-state index in [1.165, 1.54) is 12.8 Å². The number of hydrogen-bond donors (Lipinski definition) is 0. The number of hydrogen-bond acceptors (Lipinski definition) is 2. The molecular weight excluding hydrogens is 236 g/mol. The Morgan fingerprint density at radius 1 is 1.21 bits per heavy atom. The van der Waals surface area contributed by atoms with E-state index >= 15 is 0 Å². The minimum Gasteiger partial charge on any atom is -0.458 e. The minimum absolute atomic E-state index is 0.0980. The van der Waals surface area contributed by atoms with Crippen LogP contribution in [0.4, 0.5) is 0 Å². The molecule has 104 valence electrons. The Kier molecular flexibility index (Phi) is 7.64. The van der Waals surface area contributed by atoms with Crippen molar-refractivity contribution in [1.29, 1.82) is 0 Å². The summed E-state index contributed by atoms with van der Waals surface area (Å²) in [5, 5.41) is 0. The Labute approximate surface area is 116 Å². The zero-order valence-electron chi connectivity index (χ0n) is 12.0. The van der Waals surface area contributed by atoms with Crippen LogP contribution in [0.25, 0.3) is 6.08 Å². The summed E-state index contributed by atoms with van der Waals surface area (Å²) < 4.78 is 5.44. The molecule has 0 aliphatic carbocycles. The molecule has 0 amide bonds. The van der Waals surface area contributed by atoms with Gasteiger partial charge in [0.1, 0.15) is 6.10 Å². The summed E-state index contributed by atoms with van der Waals surface area (Å²) in [6.07, 6.45) is 8.72. The van der Waals surface area contributed by atoms with E-state index in [0.717, 1.165) is 18.4 Å². The van der Waals surface area contributed by atoms with Gasteiger partial charge < -0.3 is 4.74 Å². The SMILES string of the molecule is CCCCCC(/C=C/c1ccccc1)OC(=O)CC. The number of ether oxygens (including phenoxy) is 1. The molecule has 0 aliphatic rings. The Bertz CT molecular complexity index is 382. The van der Waals surface area contributed by atoms with Crippen LogP contribution >= 0.6 is 0 Å². The van der Waals surface area contributed by atoms with E-state index in [4.69, 9.17) is 4.74 Å². The first-order chi connectivity index (χ1) is 9.26. The van der Waals surface area contributed by atoms with Gasteiger partial charge in [0, 0.05) is 6.42 Å². The van der Waals surface area contributed by atoms with Crippen molar-refractivity contribution in [3.8, 4) is 0 Å². The summed E-state index contributed by atoms with van der Waals surface area (Å²) in [6.45, 7) is 4.00. The summed E-state index contributed by atoms with van der Waals surface area (Å²) >= 11 is 0. The quantitative estimate of drug-likeness (QED) is 0.504. The summed E-state index contributed by atoms with van der Waals surface area (Å²) in [7, 11) is 0. The van der Waals surface area contributed by atoms with Crippen LogP contribution in [0.2, 0.25) is 0 Å². The summed E-state index contributed by atoms with van der Waals surface area (Å²) in [4.78, 5) is 11.4. The molecule has 2 nitrogen and oxygen atoms in total. The lowest BCUT2D eigenvalue weighted by molar-refractivity contribution is -0.146. The van der Waals surface area contributed by atoms with Crippen molar-refractivity contribution >= 4 is 12.0 Å². The molecule has 1 aromatic rings. The predicted molar refractivity (Wildman–Crippen MR) is 79.8 cm³/mol. The first kappa shape index (κ1) is 15.5. The van der Waals surface area contributed by atoms with E-state index in [-0.39, 0.29) is 12.1 Å². The fraction of sp³-hybridized carbons (Fsp3) is 0.471. The molecular formula is C17H24O2. The van der Waals surface area contributed by atoms with E-state index in [1.54, 1.807) is 0 Å². The first-order valence-electron chi connectivity index (χ1n) is 7.19. The van der Waals surface area contributed by atoms with Crippen molar-refractivity contribution < 1.29 is 9.53 Å². The monoisotopic (exact) mass is 260 g/mol. The van der Waals surface area contributed by atoms with Crippen LogP contribution in [0.3, 0.4) is 0 Å². The Morgan fingerprint density at radius 2 is 1.95 bits per heavy atom. The zero-order valence-corrected chi connectivity index (χ0v) is 12.0. The molecule has 0 aromatic heterocycles. The van der Waals surface area contributed by atoms with Crippen LogP contribution in [-0.2, 0) is 9.53 Å². The third kappa shape index (κ3) is 6.80. The minimum atomic E-state index is -0.126. The van der Waals surface area contributed by atoms with E-state index < -0.39 is 0 Å². The van der Waals surface area contributed by atoms with Crippen LogP contribution in [0.1, 0.15) is 51.5 Å². The van der Waals surface area contributed by atoms with E-state index in [0.29, 0.717) is 6.42 Å². The number of benzene rings is 1. The van der Waals surface area contributed by atoms with Gasteiger partial charge in [-0.05, 0) is 24.5 Å². The first-order valence-corrected chi connectivity index (χ1v) is 7.19. The van der Waals surface area contributed by atoms with Gasteiger partial charge in [-0.2, -0.15) is 0 Å². The standard InChI is InChI=1S/C17H24O2/c1-3-5-7-12-16(19-17(18)4-2)14-13-15-10-8-6-9-11-15/h6,8-11,13-14,16H,3-5,7,12H2,1-2H3/b14-13+. The second kappa shape index (κ2) is 9.37. The highest BCUT2D eigenvalue weighted by Crippen LogP contribution is 2.11. The molecule has 0 spiro atoms. The lowest BCUT2D eigenvalue weighted by atomic mass is 10.1. The van der Waals surface area contributed by atoms with Gasteiger partial charge in [-0.25, -0.2) is 0 Å². The molecule has 1 aromatic carbocycles. The number of carbonyl (C=O) groups excluding carboxylic acids is 1. The van der Waals surface area contributed by atoms with Crippen molar-refractivity contribution in [3.05, 3.63) is 42.0 Å². The molecule has 1 rings (SSSR count). The maximum absolute atomic E-state index is 11.4. The lowest BCUT2D eigenvalue weighted by Crippen LogP contribution is -2.15. The van der Waals surface area contributed by atoms with Gasteiger partial charge in [0.05, 0.1) is 0 Å². The van der Waals surface area contributed by atoms with Crippen molar-refractivity contribution in [2.75, 3.05) is 0 Å². The second-order valence-corrected chi connectivity index (χ2v) is 4.65. The van der Waals surface area contributed by atoms with Gasteiger partial charge in [0.2, 0.25) is 0 Å². The molecule has 0 bridgehead atoms. The number of rotatable bonds is 8. The molecule has 19 heavy (non-hydrogen) atoms. The smallest absolute Gasteiger partial charge is 0.306 e. The Balaban J connectivity index is 2.56. The third-order valence-corrected chi connectivity index (χ3v) is 2.97. The van der Waals surface area contributed by atoms with Crippen LogP contribution in [-0.4, -0.2) is 12.1 Å². The highest BCUT2D eigenvalue weighted by atomic mass is 16.5. The molecule has 0 fully saturated rings. The number of unbranched alkanes of at least 4 members (excludes halogenated alkanes) is 2. The van der Waals surface area contributed by atoms with E-state index in [9.17, 15) is 4.79 Å². The second-order valence-electron chi connectivity index (χ2n) is 4.65. The summed E-state index contributed by atoms with van der Waals surface area (Å²) in [5.74, 6) is -0.126. The van der Waals surface area contributed by atoms with Crippen molar-refractivity contribution in [1.82, 2.24) is 0 Å². The summed E-state index contributed by atoms with van der Waals surface area (Å²) in [5.41, 5.74) is 1.13. The lowest BCUT2D eigenvalue weighted by Gasteiger charge is -2.13. The fourth-order valence-corrected chi connectivity index (χ4v) is 1.82. The average Bonchev–Trinajstić information content (AvgIpc) is 2.45. The molecule has 0 heterocycles. The zero-order chi connectivity index (χ0) is 13.9. The van der Waals surface area contributed by atoms with E-state index in [1.807, 2.05) is 49.4 Å². The number of carbonyl (C=O) groups is 1. The van der Waals surface area contributed by atoms with Crippen LogP contribution < -0.4 is 0 Å². The normalized spacial score (nSPS) is 12.5. The largest absolute Gasteiger partial charge is 0.458 e. The highest BCUT2D eigenvalue weighted by molar-refractivity contribution is 5.69. The molecule has 0 aliphatic heterocycles. The van der Waals surface area contributed by atoms with Crippen molar-refractivity contribution in [2.45, 2.75) is 52.1 Å². The molecule has 0 saturated heterocycles. The fourth-order valence-electron chi connectivity index (χ4n) is 1.82. The van der Waals surface area contributed by atoms with Crippen LogP contribution in [0.15, 0.2) is 36.4 Å². The van der Waals surface area contributed by atoms with Gasteiger partial charge in [-0.15, -0.1) is 0 Å². The maximum atomic E-state index is 11.4. The van der Waals surface area contributed by atoms with Crippen molar-refractivity contribution in [3.63, 3.8) is 0 Å². The third-order valence-electron chi connectivity index (χ3n) is 2.97. The molecule has 0 radical (unpaired) electrons. The Morgan fingerprint density at radius 3 is 2.58 bits per heavy atom. The predicted octanol–water partition coefficient (Wildman–Crippen LogP) is 4.60. The molecule has 0 saturated carbocycles. The molecule has 2 heteroatoms.